The first-order valence-electron chi connectivity index (χ1n) is 8.86. The van der Waals surface area contributed by atoms with E-state index in [0.29, 0.717) is 16.6 Å². The fourth-order valence-electron chi connectivity index (χ4n) is 3.33. The Morgan fingerprint density at radius 2 is 2.26 bits per heavy atom. The van der Waals surface area contributed by atoms with Crippen molar-refractivity contribution >= 4 is 34.0 Å². The third-order valence-electron chi connectivity index (χ3n) is 5.09. The second-order valence-electron chi connectivity index (χ2n) is 6.97. The van der Waals surface area contributed by atoms with Gasteiger partial charge in [-0.05, 0) is 20.3 Å². The lowest BCUT2D eigenvalue weighted by atomic mass is 9.95. The van der Waals surface area contributed by atoms with Gasteiger partial charge in [0.05, 0.1) is 18.1 Å². The van der Waals surface area contributed by atoms with Crippen molar-refractivity contribution in [1.82, 2.24) is 14.5 Å². The van der Waals surface area contributed by atoms with Crippen molar-refractivity contribution in [2.75, 3.05) is 17.3 Å². The molecule has 1 aliphatic carbocycles. The smallest absolute Gasteiger partial charge is 0.246 e. The molecule has 3 heterocycles. The molecule has 1 amide bonds. The predicted octanol–water partition coefficient (Wildman–Crippen LogP) is 2.99. The van der Waals surface area contributed by atoms with Crippen molar-refractivity contribution in [3.8, 4) is 0 Å². The monoisotopic (exact) mass is 383 g/mol. The van der Waals surface area contributed by atoms with Gasteiger partial charge in [0, 0.05) is 18.3 Å². The van der Waals surface area contributed by atoms with Gasteiger partial charge in [-0.25, -0.2) is 9.97 Å². The number of Topliss-reactive ketones (excluding diaryl/α,β-unsaturated/α-hetero) is 1. The van der Waals surface area contributed by atoms with E-state index in [4.69, 9.17) is 0 Å². The van der Waals surface area contributed by atoms with Crippen LogP contribution in [0.5, 0.6) is 0 Å². The Balaban J connectivity index is 1.42. The van der Waals surface area contributed by atoms with Crippen LogP contribution in [0, 0.1) is 0 Å². The number of rotatable bonds is 4. The number of allylic oxidation sites excluding steroid dienone is 4. The normalized spacial score (nSPS) is 21.4. The predicted molar refractivity (Wildman–Crippen MR) is 105 cm³/mol. The van der Waals surface area contributed by atoms with E-state index in [0.717, 1.165) is 12.1 Å². The third kappa shape index (κ3) is 3.21. The highest BCUT2D eigenvalue weighted by Gasteiger charge is 2.36. The maximum absolute atomic E-state index is 12.4. The summed E-state index contributed by atoms with van der Waals surface area (Å²) in [6, 6.07) is -0.249. The van der Waals surface area contributed by atoms with E-state index in [1.165, 1.54) is 16.9 Å². The zero-order valence-corrected chi connectivity index (χ0v) is 16.3. The molecule has 0 spiro atoms. The molecular formula is C19H21N5O2S. The minimum absolute atomic E-state index is 0.0123. The summed E-state index contributed by atoms with van der Waals surface area (Å²) in [6.45, 7) is 3.95. The Morgan fingerprint density at radius 3 is 3.00 bits per heavy atom. The molecule has 4 rings (SSSR count). The van der Waals surface area contributed by atoms with Crippen molar-refractivity contribution in [2.45, 2.75) is 38.8 Å². The van der Waals surface area contributed by atoms with Crippen LogP contribution in [0.4, 0.5) is 10.9 Å². The van der Waals surface area contributed by atoms with E-state index in [1.54, 1.807) is 10.9 Å². The van der Waals surface area contributed by atoms with Crippen LogP contribution < -0.4 is 10.2 Å². The molecule has 0 fully saturated rings. The average molecular weight is 383 g/mol. The second kappa shape index (κ2) is 6.77. The number of nitrogens with zero attached hydrogens (tertiary/aromatic N) is 4. The lowest BCUT2D eigenvalue weighted by Crippen LogP contribution is -2.29. The molecule has 0 aromatic carbocycles. The van der Waals surface area contributed by atoms with E-state index < -0.39 is 0 Å². The molecule has 2 aliphatic rings. The number of carbonyl (C=O) groups is 2. The molecule has 1 N–H and O–H groups in total. The number of nitrogens with one attached hydrogen (secondary N) is 1. The number of likely N-dealkylation sites (N-methyl/N-ethyl adjacent to an activating group) is 1. The minimum Gasteiger partial charge on any atom is -0.348 e. The highest BCUT2D eigenvalue weighted by molar-refractivity contribution is 7.13. The first-order chi connectivity index (χ1) is 12.9. The van der Waals surface area contributed by atoms with Crippen LogP contribution in [-0.2, 0) is 11.3 Å². The largest absolute Gasteiger partial charge is 0.348 e. The maximum Gasteiger partial charge on any atom is 0.246 e. The van der Waals surface area contributed by atoms with Gasteiger partial charge in [-0.3, -0.25) is 9.59 Å². The van der Waals surface area contributed by atoms with Gasteiger partial charge in [0.2, 0.25) is 11.7 Å². The van der Waals surface area contributed by atoms with E-state index >= 15 is 0 Å². The number of thiazole rings is 1. The first kappa shape index (κ1) is 17.7. The molecule has 1 aliphatic heterocycles. The average Bonchev–Trinajstić information content (AvgIpc) is 3.32. The number of hydrogen-bond acceptors (Lipinski definition) is 6. The Hall–Kier alpha value is -2.74. The molecule has 8 heteroatoms. The quantitative estimate of drug-likeness (QED) is 0.878. The van der Waals surface area contributed by atoms with Gasteiger partial charge >= 0.3 is 0 Å². The minimum atomic E-state index is -0.249. The number of anilines is 2. The fraction of sp³-hybridized carbons (Fsp3) is 0.368. The van der Waals surface area contributed by atoms with Crippen molar-refractivity contribution in [1.29, 1.82) is 0 Å². The molecular weight excluding hydrogens is 362 g/mol. The molecule has 7 nitrogen and oxygen atoms in total. The highest BCUT2D eigenvalue weighted by atomic mass is 32.1. The molecule has 0 bridgehead atoms. The zero-order chi connectivity index (χ0) is 19.1. The summed E-state index contributed by atoms with van der Waals surface area (Å²) in [4.78, 5) is 35.5. The Labute approximate surface area is 161 Å². The summed E-state index contributed by atoms with van der Waals surface area (Å²) in [5.41, 5.74) is 2.72. The zero-order valence-electron chi connectivity index (χ0n) is 15.5. The molecule has 0 saturated heterocycles. The molecule has 2 unspecified atom stereocenters. The van der Waals surface area contributed by atoms with Gasteiger partial charge < -0.3 is 14.8 Å². The van der Waals surface area contributed by atoms with E-state index in [1.807, 2.05) is 24.3 Å². The SMILES string of the molecule is CC1=CCC(c2csc(NC(=O)Cn3cnc4c3C(=O)C(C)N4C)n2)C=C1. The first-order valence-corrected chi connectivity index (χ1v) is 9.74. The fourth-order valence-corrected chi connectivity index (χ4v) is 4.12. The van der Waals surface area contributed by atoms with Gasteiger partial charge in [-0.2, -0.15) is 0 Å². The number of fused-ring (bicyclic) bond motifs is 1. The summed E-state index contributed by atoms with van der Waals surface area (Å²) in [5.74, 6) is 0.647. The highest BCUT2D eigenvalue weighted by Crippen LogP contribution is 2.30. The molecule has 27 heavy (non-hydrogen) atoms. The third-order valence-corrected chi connectivity index (χ3v) is 5.87. The van der Waals surface area contributed by atoms with Crippen molar-refractivity contribution in [3.05, 3.63) is 46.9 Å². The van der Waals surface area contributed by atoms with Crippen molar-refractivity contribution in [3.63, 3.8) is 0 Å². The number of amides is 1. The Kier molecular flexibility index (Phi) is 4.43. The maximum atomic E-state index is 12.4. The topological polar surface area (TPSA) is 80.1 Å². The van der Waals surface area contributed by atoms with Gasteiger partial charge in [0.15, 0.2) is 10.9 Å². The molecule has 2 aromatic heterocycles. The van der Waals surface area contributed by atoms with Gasteiger partial charge in [0.25, 0.3) is 0 Å². The lowest BCUT2D eigenvalue weighted by Gasteiger charge is -2.14. The van der Waals surface area contributed by atoms with E-state index in [9.17, 15) is 9.59 Å². The summed E-state index contributed by atoms with van der Waals surface area (Å²) in [5, 5.41) is 5.39. The summed E-state index contributed by atoms with van der Waals surface area (Å²) in [7, 11) is 1.83. The van der Waals surface area contributed by atoms with Crippen LogP contribution in [0.15, 0.2) is 35.5 Å². The number of ketones is 1. The summed E-state index contributed by atoms with van der Waals surface area (Å²) in [6.07, 6.45) is 8.90. The van der Waals surface area contributed by atoms with Crippen LogP contribution in [-0.4, -0.2) is 39.3 Å². The van der Waals surface area contributed by atoms with Gasteiger partial charge in [-0.15, -0.1) is 11.3 Å². The van der Waals surface area contributed by atoms with Crippen LogP contribution in [0.1, 0.15) is 42.4 Å². The van der Waals surface area contributed by atoms with Gasteiger partial charge in [-0.1, -0.05) is 23.8 Å². The van der Waals surface area contributed by atoms with Crippen LogP contribution >= 0.6 is 11.3 Å². The van der Waals surface area contributed by atoms with Crippen molar-refractivity contribution < 1.29 is 9.59 Å². The standard InChI is InChI=1S/C19H21N5O2S/c1-11-4-6-13(7-5-11)14-9-27-19(21-14)22-15(25)8-24-10-20-18-16(24)17(26)12(2)23(18)3/h4-6,9-10,12-13H,7-8H2,1-3H3,(H,21,22,25). The van der Waals surface area contributed by atoms with E-state index in [-0.39, 0.29) is 30.2 Å². The summed E-state index contributed by atoms with van der Waals surface area (Å²) < 4.78 is 1.61. The molecule has 0 saturated carbocycles. The van der Waals surface area contributed by atoms with Crippen LogP contribution in [0.3, 0.4) is 0 Å². The number of carbonyl (C=O) groups excluding carboxylic acids is 2. The molecule has 2 atom stereocenters. The van der Waals surface area contributed by atoms with Crippen LogP contribution in [0.25, 0.3) is 0 Å². The van der Waals surface area contributed by atoms with Crippen molar-refractivity contribution in [2.24, 2.45) is 0 Å². The number of hydrogen-bond donors (Lipinski definition) is 1. The van der Waals surface area contributed by atoms with Crippen LogP contribution in [0.2, 0.25) is 0 Å². The molecule has 2 aromatic rings. The summed E-state index contributed by atoms with van der Waals surface area (Å²) >= 11 is 1.41. The number of aromatic nitrogens is 3. The Morgan fingerprint density at radius 1 is 1.44 bits per heavy atom. The van der Waals surface area contributed by atoms with Gasteiger partial charge in [0.1, 0.15) is 12.2 Å². The van der Waals surface area contributed by atoms with E-state index in [2.05, 4.69) is 40.4 Å². The lowest BCUT2D eigenvalue weighted by molar-refractivity contribution is -0.116. The molecule has 140 valence electrons. The second-order valence-corrected chi connectivity index (χ2v) is 7.83. The molecule has 0 radical (unpaired) electrons. The number of imidazole rings is 1. The Bertz CT molecular complexity index is 971.